The monoisotopic (exact) mass is 444 g/mol. The Kier molecular flexibility index (Phi) is 9.07. The molecule has 1 aliphatic rings. The third kappa shape index (κ3) is 7.49. The van der Waals surface area contributed by atoms with Gasteiger partial charge in [0.2, 0.25) is 5.91 Å². The number of nitrogens with zero attached hydrogens (tertiary/aromatic N) is 1. The van der Waals surface area contributed by atoms with Gasteiger partial charge in [-0.15, -0.1) is 0 Å². The molecule has 33 heavy (non-hydrogen) atoms. The zero-order valence-electron chi connectivity index (χ0n) is 19.2. The summed E-state index contributed by atoms with van der Waals surface area (Å²) in [5, 5.41) is 0. The fraction of sp³-hybridized carbons (Fsp3) is 0.286. The molecule has 0 radical (unpaired) electrons. The van der Waals surface area contributed by atoms with Crippen molar-refractivity contribution in [2.24, 2.45) is 5.73 Å². The number of benzene rings is 3. The minimum Gasteiger partial charge on any atom is -0.489 e. The first-order valence-corrected chi connectivity index (χ1v) is 11.4. The predicted octanol–water partition coefficient (Wildman–Crippen LogP) is 5.46. The molecule has 5 heteroatoms. The number of carbonyl (C=O) groups is 2. The summed E-state index contributed by atoms with van der Waals surface area (Å²) in [6.45, 7) is 0.511. The fourth-order valence-corrected chi connectivity index (χ4v) is 3.87. The molecule has 0 aromatic heterocycles. The van der Waals surface area contributed by atoms with Gasteiger partial charge in [-0.2, -0.15) is 0 Å². The van der Waals surface area contributed by atoms with E-state index in [4.69, 9.17) is 10.5 Å². The molecule has 0 saturated heterocycles. The van der Waals surface area contributed by atoms with Gasteiger partial charge in [-0.05, 0) is 54.8 Å². The molecule has 172 valence electrons. The highest BCUT2D eigenvalue weighted by molar-refractivity contribution is 5.94. The lowest BCUT2D eigenvalue weighted by Gasteiger charge is -2.31. The molecular weight excluding hydrogens is 412 g/mol. The Morgan fingerprint density at radius 2 is 1.39 bits per heavy atom. The summed E-state index contributed by atoms with van der Waals surface area (Å²) in [6.07, 6.45) is 6.03. The molecule has 5 nitrogen and oxygen atoms in total. The number of ether oxygens (including phenoxy) is 1. The average Bonchev–Trinajstić information content (AvgIpc) is 2.89. The highest BCUT2D eigenvalue weighted by atomic mass is 16.5. The lowest BCUT2D eigenvalue weighted by Crippen LogP contribution is -2.38. The number of hydrogen-bond acceptors (Lipinski definition) is 3. The third-order valence-corrected chi connectivity index (χ3v) is 5.85. The quantitative estimate of drug-likeness (QED) is 0.549. The molecule has 3 aromatic rings. The van der Waals surface area contributed by atoms with E-state index >= 15 is 0 Å². The van der Waals surface area contributed by atoms with E-state index in [1.165, 1.54) is 19.3 Å². The van der Waals surface area contributed by atoms with E-state index in [9.17, 15) is 9.59 Å². The van der Waals surface area contributed by atoms with Crippen molar-refractivity contribution in [3.8, 4) is 5.75 Å². The van der Waals surface area contributed by atoms with E-state index in [2.05, 4.69) is 0 Å². The second-order valence-electron chi connectivity index (χ2n) is 8.24. The lowest BCUT2D eigenvalue weighted by molar-refractivity contribution is 0.0696. The number of hydrogen-bond donors (Lipinski definition) is 1. The predicted molar refractivity (Wildman–Crippen MR) is 131 cm³/mol. The van der Waals surface area contributed by atoms with Gasteiger partial charge in [0, 0.05) is 24.2 Å². The van der Waals surface area contributed by atoms with E-state index in [1.54, 1.807) is 24.3 Å². The Bertz CT molecular complexity index is 998. The second-order valence-corrected chi connectivity index (χ2v) is 8.24. The number of rotatable bonds is 6. The molecule has 0 bridgehead atoms. The molecule has 1 fully saturated rings. The summed E-state index contributed by atoms with van der Waals surface area (Å²) in [6, 6.07) is 26.7. The Balaban J connectivity index is 0.000000286. The highest BCUT2D eigenvalue weighted by Gasteiger charge is 2.22. The Morgan fingerprint density at radius 1 is 0.818 bits per heavy atom. The summed E-state index contributed by atoms with van der Waals surface area (Å²) < 4.78 is 5.74. The summed E-state index contributed by atoms with van der Waals surface area (Å²) in [5.41, 5.74) is 7.35. The molecule has 1 saturated carbocycles. The maximum absolute atomic E-state index is 12.6. The van der Waals surface area contributed by atoms with Crippen LogP contribution in [0.4, 0.5) is 0 Å². The van der Waals surface area contributed by atoms with Crippen LogP contribution >= 0.6 is 0 Å². The third-order valence-electron chi connectivity index (χ3n) is 5.85. The second kappa shape index (κ2) is 12.4. The van der Waals surface area contributed by atoms with Gasteiger partial charge in [0.05, 0.1) is 0 Å². The van der Waals surface area contributed by atoms with Gasteiger partial charge in [-0.1, -0.05) is 67.8 Å². The maximum atomic E-state index is 12.6. The molecule has 0 unspecified atom stereocenters. The van der Waals surface area contributed by atoms with Crippen LogP contribution in [0, 0.1) is 0 Å². The van der Waals surface area contributed by atoms with E-state index in [0.717, 1.165) is 29.7 Å². The molecule has 0 heterocycles. The standard InChI is InChI=1S/C21H25NO2.C7H7NO/c1-22(19-8-4-2-5-9-19)21(23)18-14-12-17(13-15-18)16-24-20-10-6-3-7-11-20;8-7(9)6-4-2-1-3-5-6/h3,6-7,10-15,19H,2,4-5,8-9,16H2,1H3;1-5H,(H2,8,9). The van der Waals surface area contributed by atoms with E-state index < -0.39 is 0 Å². The zero-order chi connectivity index (χ0) is 23.5. The van der Waals surface area contributed by atoms with Gasteiger partial charge in [-0.3, -0.25) is 9.59 Å². The topological polar surface area (TPSA) is 72.6 Å². The first-order chi connectivity index (χ1) is 16.0. The molecule has 0 aliphatic heterocycles. The van der Waals surface area contributed by atoms with Crippen LogP contribution in [-0.2, 0) is 6.61 Å². The highest BCUT2D eigenvalue weighted by Crippen LogP contribution is 2.23. The number of para-hydroxylation sites is 1. The molecular formula is C28H32N2O3. The minimum atomic E-state index is -0.379. The number of primary amides is 1. The van der Waals surface area contributed by atoms with Gasteiger partial charge in [-0.25, -0.2) is 0 Å². The van der Waals surface area contributed by atoms with Gasteiger partial charge in [0.25, 0.3) is 5.91 Å². The van der Waals surface area contributed by atoms with Crippen LogP contribution < -0.4 is 10.5 Å². The first kappa shape index (κ1) is 24.1. The van der Waals surface area contributed by atoms with Gasteiger partial charge in [0.15, 0.2) is 0 Å². The van der Waals surface area contributed by atoms with E-state index in [0.29, 0.717) is 18.2 Å². The van der Waals surface area contributed by atoms with Crippen molar-refractivity contribution in [1.82, 2.24) is 4.90 Å². The van der Waals surface area contributed by atoms with Crippen molar-refractivity contribution in [2.75, 3.05) is 7.05 Å². The number of amides is 2. The Hall–Kier alpha value is -3.60. The SMILES string of the molecule is CN(C(=O)c1ccc(COc2ccccc2)cc1)C1CCCCC1.NC(=O)c1ccccc1. The Labute approximate surface area is 196 Å². The van der Waals surface area contributed by atoms with Crippen molar-refractivity contribution in [3.05, 3.63) is 102 Å². The van der Waals surface area contributed by atoms with Crippen molar-refractivity contribution in [3.63, 3.8) is 0 Å². The molecule has 2 N–H and O–H groups in total. The van der Waals surface area contributed by atoms with Crippen molar-refractivity contribution in [2.45, 2.75) is 44.8 Å². The van der Waals surface area contributed by atoms with Crippen molar-refractivity contribution < 1.29 is 14.3 Å². The summed E-state index contributed by atoms with van der Waals surface area (Å²) in [4.78, 5) is 25.0. The zero-order valence-corrected chi connectivity index (χ0v) is 19.2. The summed E-state index contributed by atoms with van der Waals surface area (Å²) in [5.74, 6) is 0.600. The fourth-order valence-electron chi connectivity index (χ4n) is 3.87. The van der Waals surface area contributed by atoms with Crippen LogP contribution in [0.25, 0.3) is 0 Å². The average molecular weight is 445 g/mol. The largest absolute Gasteiger partial charge is 0.489 e. The molecule has 0 atom stereocenters. The van der Waals surface area contributed by atoms with Gasteiger partial charge >= 0.3 is 0 Å². The van der Waals surface area contributed by atoms with E-state index in [1.807, 2.05) is 72.6 Å². The van der Waals surface area contributed by atoms with Crippen LogP contribution in [0.2, 0.25) is 0 Å². The van der Waals surface area contributed by atoms with Crippen LogP contribution in [0.15, 0.2) is 84.9 Å². The summed E-state index contributed by atoms with van der Waals surface area (Å²) in [7, 11) is 1.94. The normalized spacial score (nSPS) is 13.4. The lowest BCUT2D eigenvalue weighted by atomic mass is 9.94. The molecule has 2 amide bonds. The molecule has 4 rings (SSSR count). The van der Waals surface area contributed by atoms with Crippen LogP contribution in [0.3, 0.4) is 0 Å². The molecule has 1 aliphatic carbocycles. The van der Waals surface area contributed by atoms with Crippen LogP contribution in [0.5, 0.6) is 5.75 Å². The first-order valence-electron chi connectivity index (χ1n) is 11.4. The number of nitrogens with two attached hydrogens (primary N) is 1. The Morgan fingerprint density at radius 3 is 1.94 bits per heavy atom. The van der Waals surface area contributed by atoms with Crippen molar-refractivity contribution >= 4 is 11.8 Å². The molecule has 0 spiro atoms. The van der Waals surface area contributed by atoms with Crippen LogP contribution in [-0.4, -0.2) is 29.8 Å². The smallest absolute Gasteiger partial charge is 0.253 e. The maximum Gasteiger partial charge on any atom is 0.253 e. The van der Waals surface area contributed by atoms with E-state index in [-0.39, 0.29) is 11.8 Å². The molecule has 3 aromatic carbocycles. The van der Waals surface area contributed by atoms with Crippen molar-refractivity contribution in [1.29, 1.82) is 0 Å². The minimum absolute atomic E-state index is 0.123. The van der Waals surface area contributed by atoms with Crippen LogP contribution in [0.1, 0.15) is 58.4 Å². The number of carbonyl (C=O) groups excluding carboxylic acids is 2. The van der Waals surface area contributed by atoms with Gasteiger partial charge in [0.1, 0.15) is 12.4 Å². The summed E-state index contributed by atoms with van der Waals surface area (Å²) >= 11 is 0. The van der Waals surface area contributed by atoms with Gasteiger partial charge < -0.3 is 15.4 Å².